The molecule has 0 spiro atoms. The van der Waals surface area contributed by atoms with Crippen LogP contribution in [0.25, 0.3) is 0 Å². The summed E-state index contributed by atoms with van der Waals surface area (Å²) in [6, 6.07) is 0.664. The molecule has 2 aromatic rings. The second-order valence-electron chi connectivity index (χ2n) is 6.37. The summed E-state index contributed by atoms with van der Waals surface area (Å²) in [6.07, 6.45) is 11.2. The normalized spacial score (nSPS) is 21.7. The first-order valence-corrected chi connectivity index (χ1v) is 8.21. The SMILES string of the molecule is Cc1cnc(Nc2cnn(C)c2)nc1N[C@@H]1CCCC[C@H](N)C1. The molecule has 0 radical (unpaired) electrons. The fraction of sp³-hybridized carbons (Fsp3) is 0.562. The van der Waals surface area contributed by atoms with Crippen molar-refractivity contribution in [2.75, 3.05) is 10.6 Å². The Hall–Kier alpha value is -2.15. The molecule has 7 nitrogen and oxygen atoms in total. The Bertz CT molecular complexity index is 652. The maximum atomic E-state index is 6.16. The average Bonchev–Trinajstić information content (AvgIpc) is 2.80. The molecule has 0 amide bonds. The van der Waals surface area contributed by atoms with Gasteiger partial charge in [-0.15, -0.1) is 0 Å². The first-order valence-electron chi connectivity index (χ1n) is 8.21. The van der Waals surface area contributed by atoms with Gasteiger partial charge in [-0.2, -0.15) is 10.1 Å². The number of nitrogens with zero attached hydrogens (tertiary/aromatic N) is 4. The zero-order chi connectivity index (χ0) is 16.2. The molecule has 0 saturated heterocycles. The van der Waals surface area contributed by atoms with Crippen molar-refractivity contribution in [1.82, 2.24) is 19.7 Å². The lowest BCUT2D eigenvalue weighted by Gasteiger charge is -2.20. The fourth-order valence-electron chi connectivity index (χ4n) is 2.99. The highest BCUT2D eigenvalue weighted by molar-refractivity contribution is 5.54. The van der Waals surface area contributed by atoms with Crippen molar-refractivity contribution in [1.29, 1.82) is 0 Å². The summed E-state index contributed by atoms with van der Waals surface area (Å²) in [5, 5.41) is 10.9. The molecule has 0 unspecified atom stereocenters. The highest BCUT2D eigenvalue weighted by Gasteiger charge is 2.18. The van der Waals surface area contributed by atoms with E-state index in [0.29, 0.717) is 12.0 Å². The van der Waals surface area contributed by atoms with Crippen LogP contribution in [0.1, 0.15) is 37.7 Å². The number of hydrogen-bond acceptors (Lipinski definition) is 6. The van der Waals surface area contributed by atoms with E-state index in [4.69, 9.17) is 5.73 Å². The molecule has 0 aromatic carbocycles. The third-order valence-corrected chi connectivity index (χ3v) is 4.24. The molecule has 23 heavy (non-hydrogen) atoms. The lowest BCUT2D eigenvalue weighted by Crippen LogP contribution is -2.29. The molecular formula is C16H25N7. The minimum Gasteiger partial charge on any atom is -0.367 e. The molecule has 0 aliphatic heterocycles. The molecular weight excluding hydrogens is 290 g/mol. The Morgan fingerprint density at radius 2 is 2.09 bits per heavy atom. The van der Waals surface area contributed by atoms with Gasteiger partial charge in [0.2, 0.25) is 5.95 Å². The average molecular weight is 315 g/mol. The van der Waals surface area contributed by atoms with Gasteiger partial charge in [-0.3, -0.25) is 4.68 Å². The van der Waals surface area contributed by atoms with Gasteiger partial charge in [-0.1, -0.05) is 12.8 Å². The standard InChI is InChI=1S/C16H25N7/c1-11-8-18-16(21-14-9-19-23(2)10-14)22-15(11)20-13-6-4-3-5-12(17)7-13/h8-10,12-13H,3-7,17H2,1-2H3,(H2,18,20,21,22)/t12-,13+/m0/s1. The smallest absolute Gasteiger partial charge is 0.229 e. The van der Waals surface area contributed by atoms with Gasteiger partial charge < -0.3 is 16.4 Å². The quantitative estimate of drug-likeness (QED) is 0.750. The molecule has 2 aromatic heterocycles. The van der Waals surface area contributed by atoms with E-state index in [0.717, 1.165) is 36.3 Å². The second-order valence-corrected chi connectivity index (χ2v) is 6.37. The summed E-state index contributed by atoms with van der Waals surface area (Å²) in [5.74, 6) is 1.45. The van der Waals surface area contributed by atoms with Crippen molar-refractivity contribution in [3.05, 3.63) is 24.2 Å². The van der Waals surface area contributed by atoms with E-state index in [1.807, 2.05) is 26.4 Å². The van der Waals surface area contributed by atoms with Gasteiger partial charge in [0.05, 0.1) is 11.9 Å². The van der Waals surface area contributed by atoms with Crippen LogP contribution in [0.2, 0.25) is 0 Å². The van der Waals surface area contributed by atoms with Crippen LogP contribution in [0.5, 0.6) is 0 Å². The van der Waals surface area contributed by atoms with Crippen molar-refractivity contribution >= 4 is 17.5 Å². The van der Waals surface area contributed by atoms with Crippen LogP contribution in [0.15, 0.2) is 18.6 Å². The number of nitrogens with one attached hydrogen (secondary N) is 2. The van der Waals surface area contributed by atoms with Gasteiger partial charge in [0.1, 0.15) is 5.82 Å². The number of aryl methyl sites for hydroxylation is 2. The zero-order valence-corrected chi connectivity index (χ0v) is 13.8. The maximum absolute atomic E-state index is 6.16. The molecule has 2 atom stereocenters. The van der Waals surface area contributed by atoms with Crippen LogP contribution >= 0.6 is 0 Å². The Balaban J connectivity index is 1.72. The van der Waals surface area contributed by atoms with Crippen molar-refractivity contribution in [3.8, 4) is 0 Å². The number of nitrogens with two attached hydrogens (primary N) is 1. The highest BCUT2D eigenvalue weighted by atomic mass is 15.3. The third-order valence-electron chi connectivity index (χ3n) is 4.24. The number of anilines is 3. The minimum atomic E-state index is 0.283. The molecule has 124 valence electrons. The van der Waals surface area contributed by atoms with Gasteiger partial charge in [-0.25, -0.2) is 4.98 Å². The minimum absolute atomic E-state index is 0.283. The molecule has 1 aliphatic carbocycles. The molecule has 0 bridgehead atoms. The summed E-state index contributed by atoms with van der Waals surface area (Å²) in [7, 11) is 1.88. The lowest BCUT2D eigenvalue weighted by atomic mass is 10.1. The van der Waals surface area contributed by atoms with E-state index in [9.17, 15) is 0 Å². The second kappa shape index (κ2) is 6.95. The summed E-state index contributed by atoms with van der Waals surface area (Å²) in [5.41, 5.74) is 8.07. The topological polar surface area (TPSA) is 93.7 Å². The predicted octanol–water partition coefficient (Wildman–Crippen LogP) is 2.33. The van der Waals surface area contributed by atoms with Crippen LogP contribution in [0, 0.1) is 6.92 Å². The lowest BCUT2D eigenvalue weighted by molar-refractivity contribution is 0.551. The van der Waals surface area contributed by atoms with Gasteiger partial charge in [0.25, 0.3) is 0 Å². The summed E-state index contributed by atoms with van der Waals surface area (Å²) >= 11 is 0. The summed E-state index contributed by atoms with van der Waals surface area (Å²) in [4.78, 5) is 8.96. The first kappa shape index (κ1) is 15.7. The monoisotopic (exact) mass is 315 g/mol. The summed E-state index contributed by atoms with van der Waals surface area (Å²) in [6.45, 7) is 2.02. The molecule has 3 rings (SSSR count). The number of aromatic nitrogens is 4. The van der Waals surface area contributed by atoms with Crippen molar-refractivity contribution in [2.24, 2.45) is 12.8 Å². The van der Waals surface area contributed by atoms with E-state index in [1.54, 1.807) is 10.9 Å². The molecule has 2 heterocycles. The van der Waals surface area contributed by atoms with Crippen molar-refractivity contribution < 1.29 is 0 Å². The van der Waals surface area contributed by atoms with Crippen LogP contribution < -0.4 is 16.4 Å². The molecule has 1 saturated carbocycles. The van der Waals surface area contributed by atoms with E-state index in [-0.39, 0.29) is 6.04 Å². The fourth-order valence-corrected chi connectivity index (χ4v) is 2.99. The van der Waals surface area contributed by atoms with Crippen LogP contribution in [-0.4, -0.2) is 31.8 Å². The Morgan fingerprint density at radius 1 is 1.26 bits per heavy atom. The Labute approximate surface area is 136 Å². The van der Waals surface area contributed by atoms with Crippen LogP contribution in [0.4, 0.5) is 17.5 Å². The highest BCUT2D eigenvalue weighted by Crippen LogP contribution is 2.22. The van der Waals surface area contributed by atoms with Gasteiger partial charge in [-0.05, 0) is 26.2 Å². The van der Waals surface area contributed by atoms with Gasteiger partial charge in [0.15, 0.2) is 0 Å². The van der Waals surface area contributed by atoms with E-state index >= 15 is 0 Å². The van der Waals surface area contributed by atoms with Gasteiger partial charge >= 0.3 is 0 Å². The molecule has 1 fully saturated rings. The molecule has 4 N–H and O–H groups in total. The first-order chi connectivity index (χ1) is 11.1. The number of hydrogen-bond donors (Lipinski definition) is 3. The summed E-state index contributed by atoms with van der Waals surface area (Å²) < 4.78 is 1.74. The van der Waals surface area contributed by atoms with E-state index in [2.05, 4.69) is 25.7 Å². The third kappa shape index (κ3) is 4.19. The van der Waals surface area contributed by atoms with Crippen LogP contribution in [0.3, 0.4) is 0 Å². The van der Waals surface area contributed by atoms with E-state index < -0.39 is 0 Å². The largest absolute Gasteiger partial charge is 0.367 e. The Morgan fingerprint density at radius 3 is 2.87 bits per heavy atom. The molecule has 1 aliphatic rings. The van der Waals surface area contributed by atoms with Crippen LogP contribution in [-0.2, 0) is 7.05 Å². The van der Waals surface area contributed by atoms with E-state index in [1.165, 1.54) is 12.8 Å². The maximum Gasteiger partial charge on any atom is 0.229 e. The van der Waals surface area contributed by atoms with Crippen molar-refractivity contribution in [2.45, 2.75) is 51.1 Å². The van der Waals surface area contributed by atoms with Crippen molar-refractivity contribution in [3.63, 3.8) is 0 Å². The zero-order valence-electron chi connectivity index (χ0n) is 13.8. The number of rotatable bonds is 4. The predicted molar refractivity (Wildman–Crippen MR) is 91.7 cm³/mol. The molecule has 7 heteroatoms. The Kier molecular flexibility index (Phi) is 4.76. The van der Waals surface area contributed by atoms with Gasteiger partial charge in [0, 0.05) is 37.1 Å².